The zero-order chi connectivity index (χ0) is 24.4. The van der Waals surface area contributed by atoms with Crippen LogP contribution in [0.2, 0.25) is 0 Å². The topological polar surface area (TPSA) is 134 Å². The Morgan fingerprint density at radius 2 is 1.83 bits per heavy atom. The van der Waals surface area contributed by atoms with Gasteiger partial charge in [0.05, 0.1) is 0 Å². The van der Waals surface area contributed by atoms with Crippen molar-refractivity contribution in [1.29, 1.82) is 0 Å². The molecule has 5 aromatic rings. The van der Waals surface area contributed by atoms with E-state index < -0.39 is 5.63 Å². The number of nitrogens with two attached hydrogens (primary N) is 1. The first-order chi connectivity index (χ1) is 17.5. The molecule has 9 heteroatoms. The summed E-state index contributed by atoms with van der Waals surface area (Å²) in [5.74, 6) is 0.513. The smallest absolute Gasteiger partial charge is 0.336 e. The van der Waals surface area contributed by atoms with Crippen LogP contribution >= 0.6 is 0 Å². The largest absolute Gasteiger partial charge is 0.423 e. The molecule has 0 saturated carbocycles. The molecule has 1 spiro atoms. The number of piperidine rings is 1. The number of hydrogen-bond donors (Lipinski definition) is 3. The summed E-state index contributed by atoms with van der Waals surface area (Å²) in [6.45, 7) is 1.50. The van der Waals surface area contributed by atoms with Crippen molar-refractivity contribution in [2.75, 3.05) is 18.0 Å². The molecule has 1 saturated heterocycles. The van der Waals surface area contributed by atoms with Crippen molar-refractivity contribution in [3.8, 4) is 11.3 Å². The van der Waals surface area contributed by atoms with E-state index in [0.717, 1.165) is 32.4 Å². The van der Waals surface area contributed by atoms with E-state index in [4.69, 9.17) is 15.1 Å². The maximum atomic E-state index is 13.3. The Kier molecular flexibility index (Phi) is 4.47. The summed E-state index contributed by atoms with van der Waals surface area (Å²) in [5.41, 5.74) is 10.3. The van der Waals surface area contributed by atoms with E-state index in [9.17, 15) is 9.59 Å². The molecule has 7 rings (SSSR count). The van der Waals surface area contributed by atoms with E-state index in [1.165, 1.54) is 17.2 Å². The second-order valence-corrected chi connectivity index (χ2v) is 9.86. The Morgan fingerprint density at radius 1 is 1.06 bits per heavy atom. The number of fused-ring (bicyclic) bond motifs is 3. The summed E-state index contributed by atoms with van der Waals surface area (Å²) in [6, 6.07) is 17.0. The first-order valence-corrected chi connectivity index (χ1v) is 12.1. The summed E-state index contributed by atoms with van der Waals surface area (Å²) in [5, 5.41) is 8.28. The third kappa shape index (κ3) is 3.06. The van der Waals surface area contributed by atoms with Crippen LogP contribution in [0.25, 0.3) is 33.3 Å². The summed E-state index contributed by atoms with van der Waals surface area (Å²) in [6.07, 6.45) is 2.83. The van der Waals surface area contributed by atoms with Gasteiger partial charge in [-0.25, -0.2) is 4.79 Å². The number of nitrogens with one attached hydrogen (secondary N) is 2. The molecule has 1 aliphatic heterocycles. The Bertz CT molecular complexity index is 1760. The van der Waals surface area contributed by atoms with Crippen LogP contribution < -0.4 is 21.8 Å². The van der Waals surface area contributed by atoms with E-state index in [1.807, 2.05) is 12.1 Å². The first-order valence-electron chi connectivity index (χ1n) is 12.1. The standard InChI is InChI=1S/C27H24N6O3/c28-23-16-6-2-1-5-15(16)14-27(23)9-11-33(12-10-27)26-29-24-21(25(35)30-26)22(31-32-24)18-13-20(34)36-19-8-4-3-7-17(18)19/h1-8,13,23H,9-12,14,28H2,(H2,29,30,31,32,35)/t23-/m1/s1. The van der Waals surface area contributed by atoms with Gasteiger partial charge < -0.3 is 15.1 Å². The average Bonchev–Trinajstić information content (AvgIpc) is 3.44. The van der Waals surface area contributed by atoms with Crippen molar-refractivity contribution < 1.29 is 4.42 Å². The molecule has 9 nitrogen and oxygen atoms in total. The Labute approximate surface area is 205 Å². The fraction of sp³-hybridized carbons (Fsp3) is 0.259. The lowest BCUT2D eigenvalue weighted by atomic mass is 9.73. The minimum atomic E-state index is -0.504. The molecule has 180 valence electrons. The number of benzene rings is 2. The van der Waals surface area contributed by atoms with Gasteiger partial charge in [0.25, 0.3) is 5.56 Å². The maximum Gasteiger partial charge on any atom is 0.336 e. The van der Waals surface area contributed by atoms with E-state index in [0.29, 0.717) is 39.2 Å². The van der Waals surface area contributed by atoms with Crippen LogP contribution in [0.4, 0.5) is 5.95 Å². The molecule has 36 heavy (non-hydrogen) atoms. The summed E-state index contributed by atoms with van der Waals surface area (Å²) >= 11 is 0. The monoisotopic (exact) mass is 480 g/mol. The van der Waals surface area contributed by atoms with Crippen LogP contribution in [0.1, 0.15) is 30.0 Å². The van der Waals surface area contributed by atoms with Crippen LogP contribution in [0, 0.1) is 5.41 Å². The number of aromatic amines is 2. The quantitative estimate of drug-likeness (QED) is 0.330. The first kappa shape index (κ1) is 21.1. The van der Waals surface area contributed by atoms with Crippen molar-refractivity contribution in [3.63, 3.8) is 0 Å². The Balaban J connectivity index is 1.22. The molecule has 1 fully saturated rings. The maximum absolute atomic E-state index is 13.3. The average molecular weight is 481 g/mol. The Hall–Kier alpha value is -4.24. The highest BCUT2D eigenvalue weighted by atomic mass is 16.4. The van der Waals surface area contributed by atoms with Gasteiger partial charge in [-0.2, -0.15) is 10.1 Å². The van der Waals surface area contributed by atoms with E-state index in [1.54, 1.807) is 12.1 Å². The molecule has 4 heterocycles. The molecule has 1 atom stereocenters. The molecule has 0 radical (unpaired) electrons. The van der Waals surface area contributed by atoms with Gasteiger partial charge in [-0.1, -0.05) is 42.5 Å². The molecular formula is C27H24N6O3. The zero-order valence-corrected chi connectivity index (χ0v) is 19.5. The normalized spacial score (nSPS) is 18.8. The van der Waals surface area contributed by atoms with Crippen molar-refractivity contribution in [2.24, 2.45) is 11.1 Å². The van der Waals surface area contributed by atoms with Gasteiger partial charge in [0.2, 0.25) is 5.95 Å². The highest BCUT2D eigenvalue weighted by molar-refractivity contribution is 6.00. The molecule has 0 bridgehead atoms. The van der Waals surface area contributed by atoms with E-state index >= 15 is 0 Å². The molecular weight excluding hydrogens is 456 g/mol. The molecule has 4 N–H and O–H groups in total. The second-order valence-electron chi connectivity index (χ2n) is 9.86. The molecule has 0 amide bonds. The van der Waals surface area contributed by atoms with Crippen molar-refractivity contribution in [3.05, 3.63) is 86.5 Å². The van der Waals surface area contributed by atoms with Crippen LogP contribution in [-0.2, 0) is 6.42 Å². The predicted octanol–water partition coefficient (Wildman–Crippen LogP) is 3.26. The van der Waals surface area contributed by atoms with Gasteiger partial charge in [-0.15, -0.1) is 0 Å². The lowest BCUT2D eigenvalue weighted by Crippen LogP contribution is -2.45. The van der Waals surface area contributed by atoms with Crippen LogP contribution in [0.15, 0.2) is 68.6 Å². The molecule has 3 aromatic heterocycles. The minimum absolute atomic E-state index is 0.0267. The van der Waals surface area contributed by atoms with Crippen LogP contribution in [0.5, 0.6) is 0 Å². The third-order valence-electron chi connectivity index (χ3n) is 7.97. The lowest BCUT2D eigenvalue weighted by molar-refractivity contribution is 0.187. The fourth-order valence-electron chi connectivity index (χ4n) is 6.05. The van der Waals surface area contributed by atoms with Crippen molar-refractivity contribution >= 4 is 28.0 Å². The fourth-order valence-corrected chi connectivity index (χ4v) is 6.05. The number of rotatable bonds is 2. The van der Waals surface area contributed by atoms with Crippen LogP contribution in [-0.4, -0.2) is 33.3 Å². The Morgan fingerprint density at radius 3 is 2.67 bits per heavy atom. The van der Waals surface area contributed by atoms with Crippen LogP contribution in [0.3, 0.4) is 0 Å². The summed E-state index contributed by atoms with van der Waals surface area (Å²) in [4.78, 5) is 35.2. The summed E-state index contributed by atoms with van der Waals surface area (Å²) < 4.78 is 5.30. The van der Waals surface area contributed by atoms with Gasteiger partial charge in [0.1, 0.15) is 16.7 Å². The number of aromatic nitrogens is 4. The van der Waals surface area contributed by atoms with Gasteiger partial charge in [-0.3, -0.25) is 14.9 Å². The third-order valence-corrected chi connectivity index (χ3v) is 7.97. The molecule has 2 aromatic carbocycles. The second kappa shape index (κ2) is 7.63. The number of para-hydroxylation sites is 1. The van der Waals surface area contributed by atoms with Gasteiger partial charge in [-0.05, 0) is 41.9 Å². The highest BCUT2D eigenvalue weighted by Gasteiger charge is 2.46. The van der Waals surface area contributed by atoms with Gasteiger partial charge in [0, 0.05) is 36.1 Å². The minimum Gasteiger partial charge on any atom is -0.423 e. The van der Waals surface area contributed by atoms with Crippen molar-refractivity contribution in [1.82, 2.24) is 20.2 Å². The number of H-pyrrole nitrogens is 2. The predicted molar refractivity (Wildman–Crippen MR) is 137 cm³/mol. The van der Waals surface area contributed by atoms with Gasteiger partial charge in [0.15, 0.2) is 5.65 Å². The molecule has 0 unspecified atom stereocenters. The van der Waals surface area contributed by atoms with Gasteiger partial charge >= 0.3 is 5.63 Å². The van der Waals surface area contributed by atoms with E-state index in [2.05, 4.69) is 44.3 Å². The lowest BCUT2D eigenvalue weighted by Gasteiger charge is -2.42. The SMILES string of the molecule is N[C@@H]1c2ccccc2CC12CCN(c1nc3[nH]nc(-c4cc(=O)oc5ccccc45)c3c(=O)[nH]1)CC2. The molecule has 1 aliphatic carbocycles. The van der Waals surface area contributed by atoms with Crippen molar-refractivity contribution in [2.45, 2.75) is 25.3 Å². The number of hydrogen-bond acceptors (Lipinski definition) is 7. The molecule has 2 aliphatic rings. The number of nitrogens with zero attached hydrogens (tertiary/aromatic N) is 3. The van der Waals surface area contributed by atoms with E-state index in [-0.39, 0.29) is 17.0 Å². The summed E-state index contributed by atoms with van der Waals surface area (Å²) in [7, 11) is 0. The zero-order valence-electron chi connectivity index (χ0n) is 19.5. The number of anilines is 1. The highest BCUT2D eigenvalue weighted by Crippen LogP contribution is 2.50.